The van der Waals surface area contributed by atoms with Crippen LogP contribution < -0.4 is 4.31 Å². The Morgan fingerprint density at radius 2 is 1.78 bits per heavy atom. The monoisotopic (exact) mass is 345 g/mol. The number of phenols is 1. The van der Waals surface area contributed by atoms with Crippen molar-refractivity contribution in [3.63, 3.8) is 0 Å². The minimum atomic E-state index is -4.03. The van der Waals surface area contributed by atoms with Crippen LogP contribution in [0.4, 0.5) is 10.5 Å². The summed E-state index contributed by atoms with van der Waals surface area (Å²) < 4.78 is 33.9. The molecule has 0 atom stereocenters. The van der Waals surface area contributed by atoms with E-state index < -0.39 is 33.4 Å². The SMILES string of the molecule is COC(=O)c1cc(N(C(=O)OC(C)(C)C)S(C)(=O)=O)ccc1O. The number of amides is 1. The Hall–Kier alpha value is -2.29. The van der Waals surface area contributed by atoms with E-state index in [1.807, 2.05) is 0 Å². The molecule has 1 N–H and O–H groups in total. The highest BCUT2D eigenvalue weighted by molar-refractivity contribution is 7.92. The van der Waals surface area contributed by atoms with Crippen LogP contribution in [0.3, 0.4) is 0 Å². The molecular formula is C14H19NO7S. The number of aromatic hydroxyl groups is 1. The maximum absolute atomic E-state index is 12.2. The molecule has 128 valence electrons. The van der Waals surface area contributed by atoms with Gasteiger partial charge in [-0.25, -0.2) is 18.0 Å². The summed E-state index contributed by atoms with van der Waals surface area (Å²) in [6, 6.07) is 3.29. The summed E-state index contributed by atoms with van der Waals surface area (Å²) >= 11 is 0. The van der Waals surface area contributed by atoms with Crippen LogP contribution in [0.2, 0.25) is 0 Å². The Balaban J connectivity index is 3.41. The van der Waals surface area contributed by atoms with Gasteiger partial charge in [-0.2, -0.15) is 4.31 Å². The van der Waals surface area contributed by atoms with Crippen LogP contribution in [0.1, 0.15) is 31.1 Å². The van der Waals surface area contributed by atoms with Gasteiger partial charge in [0, 0.05) is 0 Å². The summed E-state index contributed by atoms with van der Waals surface area (Å²) in [4.78, 5) is 23.8. The van der Waals surface area contributed by atoms with E-state index in [1.54, 1.807) is 20.8 Å². The van der Waals surface area contributed by atoms with Crippen molar-refractivity contribution in [1.82, 2.24) is 0 Å². The fourth-order valence-corrected chi connectivity index (χ4v) is 2.46. The molecule has 9 heteroatoms. The van der Waals surface area contributed by atoms with Crippen molar-refractivity contribution in [2.75, 3.05) is 17.7 Å². The number of carbonyl (C=O) groups excluding carboxylic acids is 2. The summed E-state index contributed by atoms with van der Waals surface area (Å²) in [6.45, 7) is 4.76. The molecular weight excluding hydrogens is 326 g/mol. The lowest BCUT2D eigenvalue weighted by Gasteiger charge is -2.26. The number of nitrogens with zero attached hydrogens (tertiary/aromatic N) is 1. The minimum absolute atomic E-state index is 0.153. The molecule has 1 aromatic carbocycles. The van der Waals surface area contributed by atoms with Gasteiger partial charge in [-0.05, 0) is 39.0 Å². The van der Waals surface area contributed by atoms with Gasteiger partial charge in [0.05, 0.1) is 19.1 Å². The fraction of sp³-hybridized carbons (Fsp3) is 0.429. The van der Waals surface area contributed by atoms with Crippen LogP contribution in [0.25, 0.3) is 0 Å². The molecule has 0 unspecified atom stereocenters. The lowest BCUT2D eigenvalue weighted by atomic mass is 10.2. The quantitative estimate of drug-likeness (QED) is 0.833. The first-order valence-electron chi connectivity index (χ1n) is 6.51. The Labute approximate surface area is 134 Å². The van der Waals surface area contributed by atoms with Gasteiger partial charge in [0.1, 0.15) is 16.9 Å². The van der Waals surface area contributed by atoms with Crippen LogP contribution in [-0.2, 0) is 19.5 Å². The van der Waals surface area contributed by atoms with Crippen LogP contribution in [0.15, 0.2) is 18.2 Å². The third-order valence-electron chi connectivity index (χ3n) is 2.51. The maximum atomic E-state index is 12.2. The fourth-order valence-electron chi connectivity index (χ4n) is 1.66. The predicted octanol–water partition coefficient (Wildman–Crippen LogP) is 1.88. The van der Waals surface area contributed by atoms with Crippen molar-refractivity contribution in [2.45, 2.75) is 26.4 Å². The maximum Gasteiger partial charge on any atom is 0.428 e. The van der Waals surface area contributed by atoms with Crippen molar-refractivity contribution in [1.29, 1.82) is 0 Å². The smallest absolute Gasteiger partial charge is 0.428 e. The van der Waals surface area contributed by atoms with Gasteiger partial charge in [0.25, 0.3) is 0 Å². The molecule has 0 saturated carbocycles. The molecule has 1 rings (SSSR count). The third kappa shape index (κ3) is 4.85. The third-order valence-corrected chi connectivity index (χ3v) is 3.53. The van der Waals surface area contributed by atoms with E-state index in [-0.39, 0.29) is 11.3 Å². The summed E-state index contributed by atoms with van der Waals surface area (Å²) in [5.41, 5.74) is -1.34. The standard InChI is InChI=1S/C14H19NO7S/c1-14(2,3)22-13(18)15(23(5,19)20)9-6-7-11(16)10(8-9)12(17)21-4/h6-8,16H,1-5H3. The molecule has 0 saturated heterocycles. The summed E-state index contributed by atoms with van der Waals surface area (Å²) in [7, 11) is -2.92. The van der Waals surface area contributed by atoms with Crippen molar-refractivity contribution in [3.05, 3.63) is 23.8 Å². The Bertz CT molecular complexity index is 719. The largest absolute Gasteiger partial charge is 0.507 e. The second-order valence-electron chi connectivity index (χ2n) is 5.70. The molecule has 0 aliphatic heterocycles. The highest BCUT2D eigenvalue weighted by Crippen LogP contribution is 2.27. The molecule has 23 heavy (non-hydrogen) atoms. The highest BCUT2D eigenvalue weighted by atomic mass is 32.2. The van der Waals surface area contributed by atoms with Crippen molar-refractivity contribution in [3.8, 4) is 5.75 Å². The molecule has 0 aromatic heterocycles. The second kappa shape index (κ2) is 6.45. The van der Waals surface area contributed by atoms with E-state index in [9.17, 15) is 23.1 Å². The number of sulfonamides is 1. The van der Waals surface area contributed by atoms with Gasteiger partial charge >= 0.3 is 12.1 Å². The summed E-state index contributed by atoms with van der Waals surface area (Å²) in [5.74, 6) is -1.28. The first kappa shape index (κ1) is 18.8. The Kier molecular flexibility index (Phi) is 5.26. The van der Waals surface area contributed by atoms with Crippen LogP contribution in [-0.4, -0.2) is 44.6 Å². The number of hydrogen-bond acceptors (Lipinski definition) is 7. The van der Waals surface area contributed by atoms with Gasteiger partial charge in [0.2, 0.25) is 10.0 Å². The zero-order valence-electron chi connectivity index (χ0n) is 13.5. The van der Waals surface area contributed by atoms with Gasteiger partial charge < -0.3 is 14.6 Å². The van der Waals surface area contributed by atoms with Crippen molar-refractivity contribution < 1.29 is 32.6 Å². The average Bonchev–Trinajstić information content (AvgIpc) is 2.36. The lowest BCUT2D eigenvalue weighted by molar-refractivity contribution is 0.0587. The molecule has 1 aromatic rings. The van der Waals surface area contributed by atoms with E-state index >= 15 is 0 Å². The molecule has 1 amide bonds. The first-order valence-corrected chi connectivity index (χ1v) is 8.36. The van der Waals surface area contributed by atoms with Gasteiger partial charge in [-0.15, -0.1) is 0 Å². The van der Waals surface area contributed by atoms with Crippen LogP contribution in [0, 0.1) is 0 Å². The van der Waals surface area contributed by atoms with E-state index in [0.29, 0.717) is 4.31 Å². The lowest BCUT2D eigenvalue weighted by Crippen LogP contribution is -2.40. The van der Waals surface area contributed by atoms with Gasteiger partial charge in [-0.1, -0.05) is 0 Å². The van der Waals surface area contributed by atoms with Crippen LogP contribution >= 0.6 is 0 Å². The minimum Gasteiger partial charge on any atom is -0.507 e. The normalized spacial score (nSPS) is 11.7. The molecule has 8 nitrogen and oxygen atoms in total. The number of hydrogen-bond donors (Lipinski definition) is 1. The molecule has 0 aliphatic rings. The number of rotatable bonds is 3. The summed E-state index contributed by atoms with van der Waals surface area (Å²) in [6.07, 6.45) is -0.303. The van der Waals surface area contributed by atoms with Gasteiger partial charge in [-0.3, -0.25) is 0 Å². The van der Waals surface area contributed by atoms with Crippen LogP contribution in [0.5, 0.6) is 5.75 Å². The number of phenolic OH excluding ortho intramolecular Hbond substituents is 1. The number of anilines is 1. The van der Waals surface area contributed by atoms with Gasteiger partial charge in [0.15, 0.2) is 0 Å². The molecule has 0 aliphatic carbocycles. The predicted molar refractivity (Wildman–Crippen MR) is 83.0 cm³/mol. The Morgan fingerprint density at radius 3 is 2.22 bits per heavy atom. The first-order chi connectivity index (χ1) is 10.4. The van der Waals surface area contributed by atoms with Crippen molar-refractivity contribution in [2.24, 2.45) is 0 Å². The number of esters is 1. The topological polar surface area (TPSA) is 110 Å². The molecule has 0 bridgehead atoms. The zero-order valence-corrected chi connectivity index (χ0v) is 14.3. The van der Waals surface area contributed by atoms with E-state index in [1.165, 1.54) is 6.07 Å². The number of carbonyl (C=O) groups is 2. The zero-order chi connectivity index (χ0) is 18.0. The summed E-state index contributed by atoms with van der Waals surface area (Å²) in [5, 5.41) is 9.66. The molecule has 0 fully saturated rings. The second-order valence-corrected chi connectivity index (χ2v) is 7.53. The van der Waals surface area contributed by atoms with E-state index in [0.717, 1.165) is 25.5 Å². The molecule has 0 radical (unpaired) electrons. The number of benzene rings is 1. The van der Waals surface area contributed by atoms with E-state index in [4.69, 9.17) is 4.74 Å². The number of methoxy groups -OCH3 is 1. The highest BCUT2D eigenvalue weighted by Gasteiger charge is 2.31. The average molecular weight is 345 g/mol. The van der Waals surface area contributed by atoms with E-state index in [2.05, 4.69) is 4.74 Å². The Morgan fingerprint density at radius 1 is 1.22 bits per heavy atom. The van der Waals surface area contributed by atoms with Crippen molar-refractivity contribution >= 4 is 27.8 Å². The molecule has 0 heterocycles. The number of ether oxygens (including phenoxy) is 2. The molecule has 0 spiro atoms.